The number of benzene rings is 2. The van der Waals surface area contributed by atoms with Crippen LogP contribution in [0.1, 0.15) is 22.8 Å². The minimum atomic E-state index is -1.39. The summed E-state index contributed by atoms with van der Waals surface area (Å²) >= 11 is 0. The van der Waals surface area contributed by atoms with Crippen molar-refractivity contribution in [3.63, 3.8) is 0 Å². The Morgan fingerprint density at radius 2 is 1.83 bits per heavy atom. The molecule has 0 saturated heterocycles. The molecule has 0 radical (unpaired) electrons. The van der Waals surface area contributed by atoms with Crippen molar-refractivity contribution in [1.82, 2.24) is 0 Å². The molecule has 0 aromatic heterocycles. The topological polar surface area (TPSA) is 134 Å². The summed E-state index contributed by atoms with van der Waals surface area (Å²) in [5.41, 5.74) is 0.388. The lowest BCUT2D eigenvalue weighted by Gasteiger charge is -2.13. The van der Waals surface area contributed by atoms with E-state index in [1.807, 2.05) is 0 Å². The number of carbonyl (C=O) groups is 2. The maximum atomic E-state index is 12.9. The van der Waals surface area contributed by atoms with Gasteiger partial charge in [0.25, 0.3) is 11.6 Å². The van der Waals surface area contributed by atoms with Gasteiger partial charge >= 0.3 is 0 Å². The standard InChI is InChI=1S/C20H17N3O7/c1-11-15(8-13-9-17(29-2)18(30-3)10-16(13)23(27)28)19(24)22(21-11)14-6-4-5-12(7-14)20(25)26/h4-10H,1-3H3,(H,25,26)/p-1/b15-8-. The molecule has 10 nitrogen and oxygen atoms in total. The maximum absolute atomic E-state index is 12.9. The van der Waals surface area contributed by atoms with Crippen molar-refractivity contribution in [3.8, 4) is 11.5 Å². The van der Waals surface area contributed by atoms with Gasteiger partial charge in [-0.25, -0.2) is 0 Å². The van der Waals surface area contributed by atoms with Crippen molar-refractivity contribution in [2.45, 2.75) is 6.92 Å². The predicted octanol–water partition coefficient (Wildman–Crippen LogP) is 1.78. The van der Waals surface area contributed by atoms with Crippen LogP contribution in [-0.4, -0.2) is 36.7 Å². The van der Waals surface area contributed by atoms with E-state index in [4.69, 9.17) is 9.47 Å². The van der Waals surface area contributed by atoms with Gasteiger partial charge in [0, 0.05) is 0 Å². The number of hydrogen-bond acceptors (Lipinski definition) is 8. The Balaban J connectivity index is 2.06. The molecule has 1 aliphatic rings. The van der Waals surface area contributed by atoms with Crippen LogP contribution in [0.3, 0.4) is 0 Å². The summed E-state index contributed by atoms with van der Waals surface area (Å²) in [5.74, 6) is -1.52. The lowest BCUT2D eigenvalue weighted by molar-refractivity contribution is -0.385. The summed E-state index contributed by atoms with van der Waals surface area (Å²) < 4.78 is 10.3. The monoisotopic (exact) mass is 410 g/mol. The first-order valence-corrected chi connectivity index (χ1v) is 8.60. The Morgan fingerprint density at radius 3 is 2.43 bits per heavy atom. The van der Waals surface area contributed by atoms with E-state index < -0.39 is 16.8 Å². The fraction of sp³-hybridized carbons (Fsp3) is 0.150. The van der Waals surface area contributed by atoms with Crippen LogP contribution in [0.15, 0.2) is 47.1 Å². The molecule has 0 aliphatic carbocycles. The predicted molar refractivity (Wildman–Crippen MR) is 106 cm³/mol. The van der Waals surface area contributed by atoms with E-state index in [9.17, 15) is 24.8 Å². The highest BCUT2D eigenvalue weighted by atomic mass is 16.6. The number of nitro groups is 1. The molecule has 0 atom stereocenters. The van der Waals surface area contributed by atoms with Crippen LogP contribution in [0.2, 0.25) is 0 Å². The number of nitrogens with zero attached hydrogens (tertiary/aromatic N) is 3. The normalized spacial score (nSPS) is 14.6. The summed E-state index contributed by atoms with van der Waals surface area (Å²) in [7, 11) is 2.75. The molecule has 30 heavy (non-hydrogen) atoms. The number of hydrazone groups is 1. The quantitative estimate of drug-likeness (QED) is 0.402. The molecule has 1 amide bonds. The van der Waals surface area contributed by atoms with Gasteiger partial charge in [-0.3, -0.25) is 14.9 Å². The number of nitro benzene ring substituents is 1. The zero-order valence-electron chi connectivity index (χ0n) is 16.2. The van der Waals surface area contributed by atoms with E-state index in [1.54, 1.807) is 6.92 Å². The molecule has 154 valence electrons. The molecule has 0 bridgehead atoms. The molecule has 1 heterocycles. The summed E-state index contributed by atoms with van der Waals surface area (Å²) in [6.45, 7) is 1.57. The fourth-order valence-electron chi connectivity index (χ4n) is 2.94. The minimum absolute atomic E-state index is 0.110. The van der Waals surface area contributed by atoms with E-state index in [1.165, 1.54) is 56.7 Å². The molecular weight excluding hydrogens is 394 g/mol. The Kier molecular flexibility index (Phi) is 5.50. The smallest absolute Gasteiger partial charge is 0.280 e. The van der Waals surface area contributed by atoms with Gasteiger partial charge in [-0.1, -0.05) is 12.1 Å². The Labute approximate surface area is 170 Å². The van der Waals surface area contributed by atoms with E-state index in [0.29, 0.717) is 5.71 Å². The lowest BCUT2D eigenvalue weighted by Crippen LogP contribution is -2.24. The van der Waals surface area contributed by atoms with Crippen molar-refractivity contribution in [2.75, 3.05) is 19.2 Å². The highest BCUT2D eigenvalue weighted by molar-refractivity contribution is 6.32. The van der Waals surface area contributed by atoms with Gasteiger partial charge in [0.15, 0.2) is 11.5 Å². The Hall–Kier alpha value is -4.21. The number of carboxylic acid groups (broad SMARTS) is 1. The van der Waals surface area contributed by atoms with Gasteiger partial charge in [-0.15, -0.1) is 0 Å². The summed E-state index contributed by atoms with van der Waals surface area (Å²) in [6.07, 6.45) is 1.34. The van der Waals surface area contributed by atoms with Crippen molar-refractivity contribution < 1.29 is 29.1 Å². The van der Waals surface area contributed by atoms with E-state index >= 15 is 0 Å². The third-order valence-electron chi connectivity index (χ3n) is 4.42. The average Bonchev–Trinajstić information content (AvgIpc) is 3.01. The van der Waals surface area contributed by atoms with E-state index in [-0.39, 0.29) is 39.6 Å². The van der Waals surface area contributed by atoms with Crippen LogP contribution in [0.5, 0.6) is 11.5 Å². The molecule has 3 rings (SSSR count). The molecule has 2 aromatic rings. The molecule has 0 unspecified atom stereocenters. The molecular formula is C20H16N3O7-. The van der Waals surface area contributed by atoms with Gasteiger partial charge in [0.1, 0.15) is 0 Å². The highest BCUT2D eigenvalue weighted by Gasteiger charge is 2.30. The third kappa shape index (κ3) is 3.70. The molecule has 0 saturated carbocycles. The van der Waals surface area contributed by atoms with Gasteiger partial charge in [0.05, 0.1) is 53.7 Å². The van der Waals surface area contributed by atoms with Gasteiger partial charge in [0.2, 0.25) is 0 Å². The number of anilines is 1. The molecule has 2 aromatic carbocycles. The first-order valence-electron chi connectivity index (χ1n) is 8.60. The Bertz CT molecular complexity index is 1120. The van der Waals surface area contributed by atoms with E-state index in [0.717, 1.165) is 5.01 Å². The summed E-state index contributed by atoms with van der Waals surface area (Å²) in [6, 6.07) is 8.16. The lowest BCUT2D eigenvalue weighted by atomic mass is 10.0. The fourth-order valence-corrected chi connectivity index (χ4v) is 2.94. The van der Waals surface area contributed by atoms with Gasteiger partial charge in [-0.05, 0) is 36.8 Å². The molecule has 0 fully saturated rings. The number of methoxy groups -OCH3 is 2. The second-order valence-electron chi connectivity index (χ2n) is 6.22. The molecule has 0 spiro atoms. The number of amides is 1. The minimum Gasteiger partial charge on any atom is -0.545 e. The first-order chi connectivity index (χ1) is 14.3. The molecule has 0 N–H and O–H groups in total. The highest BCUT2D eigenvalue weighted by Crippen LogP contribution is 2.36. The van der Waals surface area contributed by atoms with Crippen LogP contribution >= 0.6 is 0 Å². The Morgan fingerprint density at radius 1 is 1.17 bits per heavy atom. The number of carbonyl (C=O) groups excluding carboxylic acids is 2. The SMILES string of the molecule is COc1cc(/C=C2\C(=O)N(c3cccc(C(=O)[O-])c3)N=C2C)c([N+](=O)[O-])cc1OC. The third-order valence-corrected chi connectivity index (χ3v) is 4.42. The van der Waals surface area contributed by atoms with Crippen LogP contribution in [0.4, 0.5) is 11.4 Å². The number of rotatable bonds is 6. The van der Waals surface area contributed by atoms with Crippen LogP contribution in [0.25, 0.3) is 6.08 Å². The number of ether oxygens (including phenoxy) is 2. The summed E-state index contributed by atoms with van der Waals surface area (Å²) in [4.78, 5) is 34.9. The van der Waals surface area contributed by atoms with Crippen LogP contribution in [-0.2, 0) is 4.79 Å². The van der Waals surface area contributed by atoms with Crippen LogP contribution < -0.4 is 19.6 Å². The molecule has 10 heteroatoms. The van der Waals surface area contributed by atoms with Crippen LogP contribution in [0, 0.1) is 10.1 Å². The van der Waals surface area contributed by atoms with Crippen molar-refractivity contribution in [2.24, 2.45) is 5.10 Å². The van der Waals surface area contributed by atoms with E-state index in [2.05, 4.69) is 5.10 Å². The first kappa shape index (κ1) is 20.5. The second kappa shape index (κ2) is 8.03. The average molecular weight is 410 g/mol. The van der Waals surface area contributed by atoms with Crippen molar-refractivity contribution in [1.29, 1.82) is 0 Å². The number of aromatic carboxylic acids is 1. The maximum Gasteiger partial charge on any atom is 0.280 e. The largest absolute Gasteiger partial charge is 0.545 e. The zero-order chi connectivity index (χ0) is 22.0. The number of carboxylic acids is 1. The zero-order valence-corrected chi connectivity index (χ0v) is 16.2. The molecule has 1 aliphatic heterocycles. The van der Waals surface area contributed by atoms with Gasteiger partial charge in [-0.2, -0.15) is 10.1 Å². The second-order valence-corrected chi connectivity index (χ2v) is 6.22. The van der Waals surface area contributed by atoms with Crippen molar-refractivity contribution in [3.05, 3.63) is 63.2 Å². The number of hydrogen-bond donors (Lipinski definition) is 0. The van der Waals surface area contributed by atoms with Crippen molar-refractivity contribution >= 4 is 35.0 Å². The van der Waals surface area contributed by atoms with Gasteiger partial charge < -0.3 is 19.4 Å². The summed E-state index contributed by atoms with van der Waals surface area (Å²) in [5, 5.41) is 27.8.